The largest absolute Gasteiger partial charge is 0.372 e. The SMILES string of the molecule is CCOC(C)(C)C=C(C#N)C(=O)N1CCCCC1. The van der Waals surface area contributed by atoms with Crippen LogP contribution in [0.25, 0.3) is 0 Å². The molecule has 0 unspecified atom stereocenters. The average molecular weight is 250 g/mol. The molecule has 1 fully saturated rings. The third-order valence-electron chi connectivity index (χ3n) is 3.00. The Morgan fingerprint density at radius 3 is 2.50 bits per heavy atom. The molecular weight excluding hydrogens is 228 g/mol. The molecule has 0 saturated carbocycles. The minimum absolute atomic E-state index is 0.162. The summed E-state index contributed by atoms with van der Waals surface area (Å²) in [7, 11) is 0. The Kier molecular flexibility index (Phi) is 5.36. The van der Waals surface area contributed by atoms with Crippen molar-refractivity contribution in [3.05, 3.63) is 11.6 Å². The third-order valence-corrected chi connectivity index (χ3v) is 3.00. The molecule has 1 aliphatic rings. The van der Waals surface area contributed by atoms with E-state index in [0.717, 1.165) is 25.9 Å². The number of hydrogen-bond donors (Lipinski definition) is 0. The van der Waals surface area contributed by atoms with E-state index in [1.165, 1.54) is 6.42 Å². The zero-order chi connectivity index (χ0) is 13.6. The van der Waals surface area contributed by atoms with Gasteiger partial charge in [0.1, 0.15) is 11.6 Å². The zero-order valence-electron chi connectivity index (χ0n) is 11.5. The van der Waals surface area contributed by atoms with Crippen LogP contribution in [0.5, 0.6) is 0 Å². The van der Waals surface area contributed by atoms with Crippen LogP contribution in [-0.2, 0) is 9.53 Å². The number of carbonyl (C=O) groups excluding carboxylic acids is 1. The van der Waals surface area contributed by atoms with Crippen LogP contribution in [0.2, 0.25) is 0 Å². The number of nitrogens with zero attached hydrogens (tertiary/aromatic N) is 2. The smallest absolute Gasteiger partial charge is 0.264 e. The number of hydrogen-bond acceptors (Lipinski definition) is 3. The van der Waals surface area contributed by atoms with E-state index in [1.807, 2.05) is 26.8 Å². The fourth-order valence-electron chi connectivity index (χ4n) is 2.17. The van der Waals surface area contributed by atoms with Crippen molar-refractivity contribution in [2.24, 2.45) is 0 Å². The number of carbonyl (C=O) groups is 1. The Balaban J connectivity index is 2.79. The fraction of sp³-hybridized carbons (Fsp3) is 0.714. The van der Waals surface area contributed by atoms with Gasteiger partial charge in [-0.3, -0.25) is 4.79 Å². The van der Waals surface area contributed by atoms with Gasteiger partial charge in [0.25, 0.3) is 5.91 Å². The molecule has 0 N–H and O–H groups in total. The summed E-state index contributed by atoms with van der Waals surface area (Å²) in [5, 5.41) is 9.14. The Bertz CT molecular complexity index is 360. The maximum atomic E-state index is 12.2. The fourth-order valence-corrected chi connectivity index (χ4v) is 2.17. The maximum Gasteiger partial charge on any atom is 0.264 e. The first kappa shape index (κ1) is 14.7. The van der Waals surface area contributed by atoms with Crippen molar-refractivity contribution in [1.29, 1.82) is 5.26 Å². The van der Waals surface area contributed by atoms with Crippen LogP contribution in [-0.4, -0.2) is 36.1 Å². The monoisotopic (exact) mass is 250 g/mol. The molecule has 0 aliphatic carbocycles. The van der Waals surface area contributed by atoms with Crippen LogP contribution < -0.4 is 0 Å². The lowest BCUT2D eigenvalue weighted by molar-refractivity contribution is -0.127. The quantitative estimate of drug-likeness (QED) is 0.568. The Morgan fingerprint density at radius 2 is 2.00 bits per heavy atom. The molecule has 0 spiro atoms. The van der Waals surface area contributed by atoms with E-state index < -0.39 is 5.60 Å². The van der Waals surface area contributed by atoms with Crippen molar-refractivity contribution >= 4 is 5.91 Å². The highest BCUT2D eigenvalue weighted by Crippen LogP contribution is 2.17. The van der Waals surface area contributed by atoms with Gasteiger partial charge >= 0.3 is 0 Å². The molecule has 0 radical (unpaired) electrons. The van der Waals surface area contributed by atoms with Crippen molar-refractivity contribution in [3.8, 4) is 6.07 Å². The number of ether oxygens (including phenoxy) is 1. The van der Waals surface area contributed by atoms with Crippen molar-refractivity contribution < 1.29 is 9.53 Å². The number of rotatable bonds is 4. The van der Waals surface area contributed by atoms with E-state index in [4.69, 9.17) is 10.00 Å². The topological polar surface area (TPSA) is 53.3 Å². The third kappa shape index (κ3) is 4.15. The van der Waals surface area contributed by atoms with Crippen LogP contribution in [0.3, 0.4) is 0 Å². The molecule has 0 atom stereocenters. The predicted octanol–water partition coefficient (Wildman–Crippen LogP) is 2.26. The van der Waals surface area contributed by atoms with Gasteiger partial charge in [-0.2, -0.15) is 5.26 Å². The highest BCUT2D eigenvalue weighted by atomic mass is 16.5. The molecule has 4 heteroatoms. The van der Waals surface area contributed by atoms with Gasteiger partial charge in [0.15, 0.2) is 0 Å². The molecular formula is C14H22N2O2. The van der Waals surface area contributed by atoms with Crippen LogP contribution >= 0.6 is 0 Å². The summed E-state index contributed by atoms with van der Waals surface area (Å²) in [5.74, 6) is -0.162. The molecule has 1 aliphatic heterocycles. The van der Waals surface area contributed by atoms with Gasteiger partial charge in [0, 0.05) is 19.7 Å². The summed E-state index contributed by atoms with van der Waals surface area (Å²) < 4.78 is 5.50. The van der Waals surface area contributed by atoms with Gasteiger partial charge in [-0.15, -0.1) is 0 Å². The minimum atomic E-state index is -0.578. The summed E-state index contributed by atoms with van der Waals surface area (Å²) in [4.78, 5) is 14.0. The molecule has 0 aromatic rings. The lowest BCUT2D eigenvalue weighted by Crippen LogP contribution is -2.37. The van der Waals surface area contributed by atoms with E-state index in [9.17, 15) is 4.79 Å². The highest BCUT2D eigenvalue weighted by molar-refractivity contribution is 5.97. The van der Waals surface area contributed by atoms with Gasteiger partial charge in [0.05, 0.1) is 5.60 Å². The maximum absolute atomic E-state index is 12.2. The lowest BCUT2D eigenvalue weighted by Gasteiger charge is -2.27. The lowest BCUT2D eigenvalue weighted by atomic mass is 10.0. The van der Waals surface area contributed by atoms with Crippen molar-refractivity contribution in [2.75, 3.05) is 19.7 Å². The average Bonchev–Trinajstić information content (AvgIpc) is 2.36. The summed E-state index contributed by atoms with van der Waals surface area (Å²) in [6, 6.07) is 2.00. The van der Waals surface area contributed by atoms with E-state index in [1.54, 1.807) is 11.0 Å². The van der Waals surface area contributed by atoms with Crippen molar-refractivity contribution in [2.45, 2.75) is 45.6 Å². The number of likely N-dealkylation sites (tertiary alicyclic amines) is 1. The molecule has 100 valence electrons. The number of piperidine rings is 1. The van der Waals surface area contributed by atoms with Crippen LogP contribution in [0.4, 0.5) is 0 Å². The second-order valence-corrected chi connectivity index (χ2v) is 5.06. The summed E-state index contributed by atoms with van der Waals surface area (Å²) in [6.07, 6.45) is 4.85. The first-order valence-corrected chi connectivity index (χ1v) is 6.56. The summed E-state index contributed by atoms with van der Waals surface area (Å²) >= 11 is 0. The van der Waals surface area contributed by atoms with Gasteiger partial charge in [-0.05, 0) is 46.1 Å². The molecule has 0 aromatic carbocycles. The van der Waals surface area contributed by atoms with Crippen molar-refractivity contribution in [1.82, 2.24) is 4.90 Å². The normalized spacial score (nSPS) is 17.4. The second-order valence-electron chi connectivity index (χ2n) is 5.06. The van der Waals surface area contributed by atoms with Gasteiger partial charge in [-0.1, -0.05) is 0 Å². The molecule has 4 nitrogen and oxygen atoms in total. The standard InChI is InChI=1S/C14H22N2O2/c1-4-18-14(2,3)10-12(11-15)13(17)16-8-6-5-7-9-16/h10H,4-9H2,1-3H3. The van der Waals surface area contributed by atoms with E-state index >= 15 is 0 Å². The zero-order valence-corrected chi connectivity index (χ0v) is 11.5. The molecule has 1 rings (SSSR count). The van der Waals surface area contributed by atoms with E-state index in [-0.39, 0.29) is 11.5 Å². The second kappa shape index (κ2) is 6.55. The first-order valence-electron chi connectivity index (χ1n) is 6.56. The minimum Gasteiger partial charge on any atom is -0.372 e. The molecule has 1 saturated heterocycles. The van der Waals surface area contributed by atoms with Crippen LogP contribution in [0, 0.1) is 11.3 Å². The molecule has 18 heavy (non-hydrogen) atoms. The van der Waals surface area contributed by atoms with Crippen LogP contribution in [0.15, 0.2) is 11.6 Å². The first-order chi connectivity index (χ1) is 8.50. The molecule has 1 amide bonds. The highest BCUT2D eigenvalue weighted by Gasteiger charge is 2.24. The Hall–Kier alpha value is -1.34. The Morgan fingerprint density at radius 1 is 1.39 bits per heavy atom. The predicted molar refractivity (Wildman–Crippen MR) is 69.8 cm³/mol. The van der Waals surface area contributed by atoms with E-state index in [2.05, 4.69) is 0 Å². The number of amides is 1. The van der Waals surface area contributed by atoms with Crippen molar-refractivity contribution in [3.63, 3.8) is 0 Å². The Labute approximate surface area is 109 Å². The van der Waals surface area contributed by atoms with Crippen LogP contribution in [0.1, 0.15) is 40.0 Å². The van der Waals surface area contributed by atoms with E-state index in [0.29, 0.717) is 6.61 Å². The van der Waals surface area contributed by atoms with Gasteiger partial charge in [-0.25, -0.2) is 0 Å². The number of nitriles is 1. The molecule has 1 heterocycles. The molecule has 0 aromatic heterocycles. The molecule has 0 bridgehead atoms. The summed E-state index contributed by atoms with van der Waals surface area (Å²) in [6.45, 7) is 7.68. The van der Waals surface area contributed by atoms with Gasteiger partial charge in [0.2, 0.25) is 0 Å². The van der Waals surface area contributed by atoms with Gasteiger partial charge < -0.3 is 9.64 Å². The summed E-state index contributed by atoms with van der Waals surface area (Å²) in [5.41, 5.74) is -0.388.